The number of nitro groups is 1. The zero-order valence-corrected chi connectivity index (χ0v) is 15.0. The van der Waals surface area contributed by atoms with Crippen molar-refractivity contribution < 1.29 is 18.9 Å². The Labute approximate surface area is 151 Å². The van der Waals surface area contributed by atoms with Crippen molar-refractivity contribution in [1.29, 1.82) is 0 Å². The van der Waals surface area contributed by atoms with Crippen molar-refractivity contribution in [1.82, 2.24) is 5.43 Å². The number of carbonyl (C=O) groups excluding carboxylic acids is 1. The van der Waals surface area contributed by atoms with Crippen LogP contribution in [0.1, 0.15) is 5.76 Å². The maximum absolute atomic E-state index is 11.7. The fraction of sp³-hybridized carbons (Fsp3) is 0.200. The highest BCUT2D eigenvalue weighted by Crippen LogP contribution is 2.28. The van der Waals surface area contributed by atoms with Crippen molar-refractivity contribution in [2.45, 2.75) is 0 Å². The summed E-state index contributed by atoms with van der Waals surface area (Å²) in [5.74, 6) is 0.981. The van der Waals surface area contributed by atoms with Crippen molar-refractivity contribution in [3.05, 3.63) is 50.7 Å². The summed E-state index contributed by atoms with van der Waals surface area (Å²) in [6, 6.07) is 7.48. The van der Waals surface area contributed by atoms with Crippen molar-refractivity contribution >= 4 is 39.6 Å². The second-order valence-electron chi connectivity index (χ2n) is 5.02. The third kappa shape index (κ3) is 5.31. The lowest BCUT2D eigenvalue weighted by Gasteiger charge is -2.07. The Morgan fingerprint density at radius 2 is 2.20 bits per heavy atom. The number of halogens is 1. The van der Waals surface area contributed by atoms with E-state index in [1.165, 1.54) is 24.4 Å². The van der Waals surface area contributed by atoms with E-state index in [4.69, 9.17) is 9.15 Å². The molecular formula is C15H15BrN4O5. The SMILES string of the molecule is CN(C)c1ccc(C=NNC(=O)COc2ccc([N+](=O)[O-])cc2Br)o1. The number of ether oxygens (including phenoxy) is 1. The lowest BCUT2D eigenvalue weighted by molar-refractivity contribution is -0.384. The molecule has 2 aromatic rings. The Hall–Kier alpha value is -2.88. The number of anilines is 1. The van der Waals surface area contributed by atoms with E-state index in [1.54, 1.807) is 17.0 Å². The van der Waals surface area contributed by atoms with Gasteiger partial charge in [0.05, 0.1) is 15.6 Å². The molecule has 0 unspecified atom stereocenters. The number of benzene rings is 1. The monoisotopic (exact) mass is 410 g/mol. The van der Waals surface area contributed by atoms with Crippen LogP contribution in [0.15, 0.2) is 44.3 Å². The van der Waals surface area contributed by atoms with E-state index in [-0.39, 0.29) is 12.3 Å². The van der Waals surface area contributed by atoms with Crippen LogP contribution in [0, 0.1) is 10.1 Å². The van der Waals surface area contributed by atoms with Gasteiger partial charge in [0.25, 0.3) is 11.6 Å². The number of hydrazone groups is 1. The van der Waals surface area contributed by atoms with E-state index in [0.717, 1.165) is 0 Å². The zero-order chi connectivity index (χ0) is 18.4. The maximum atomic E-state index is 11.7. The van der Waals surface area contributed by atoms with E-state index in [1.807, 2.05) is 14.1 Å². The number of nitrogens with zero attached hydrogens (tertiary/aromatic N) is 3. The van der Waals surface area contributed by atoms with E-state index < -0.39 is 10.8 Å². The highest BCUT2D eigenvalue weighted by Gasteiger charge is 2.11. The predicted molar refractivity (Wildman–Crippen MR) is 95.1 cm³/mol. The third-order valence-electron chi connectivity index (χ3n) is 2.92. The predicted octanol–water partition coefficient (Wildman–Crippen LogP) is 2.55. The number of furan rings is 1. The number of carbonyl (C=O) groups is 1. The van der Waals surface area contributed by atoms with E-state index in [2.05, 4.69) is 26.5 Å². The van der Waals surface area contributed by atoms with Gasteiger partial charge >= 0.3 is 0 Å². The molecule has 1 aromatic heterocycles. The first kappa shape index (κ1) is 18.5. The molecule has 0 radical (unpaired) electrons. The van der Waals surface area contributed by atoms with Gasteiger partial charge in [0, 0.05) is 32.3 Å². The summed E-state index contributed by atoms with van der Waals surface area (Å²) in [4.78, 5) is 23.6. The molecule has 2 rings (SSSR count). The van der Waals surface area contributed by atoms with Crippen molar-refractivity contribution in [3.8, 4) is 5.75 Å². The summed E-state index contributed by atoms with van der Waals surface area (Å²) in [5, 5.41) is 14.4. The van der Waals surface area contributed by atoms with Crippen LogP contribution in [-0.4, -0.2) is 37.7 Å². The Kier molecular flexibility index (Phi) is 6.12. The van der Waals surface area contributed by atoms with Crippen LogP contribution in [0.2, 0.25) is 0 Å². The largest absolute Gasteiger partial charge is 0.483 e. The Bertz CT molecular complexity index is 803. The van der Waals surface area contributed by atoms with Crippen LogP contribution >= 0.6 is 15.9 Å². The molecule has 1 aromatic carbocycles. The van der Waals surface area contributed by atoms with Crippen molar-refractivity contribution in [3.63, 3.8) is 0 Å². The Balaban J connectivity index is 1.84. The minimum Gasteiger partial charge on any atom is -0.483 e. The number of hydrogen-bond acceptors (Lipinski definition) is 7. The van der Waals surface area contributed by atoms with Crippen molar-refractivity contribution in [2.75, 3.05) is 25.6 Å². The second kappa shape index (κ2) is 8.29. The topological polar surface area (TPSA) is 110 Å². The van der Waals surface area contributed by atoms with E-state index in [0.29, 0.717) is 21.9 Å². The molecule has 1 heterocycles. The normalized spacial score (nSPS) is 10.7. The molecule has 132 valence electrons. The highest BCUT2D eigenvalue weighted by molar-refractivity contribution is 9.10. The Morgan fingerprint density at radius 1 is 1.44 bits per heavy atom. The molecule has 9 nitrogen and oxygen atoms in total. The average molecular weight is 411 g/mol. The van der Waals surface area contributed by atoms with E-state index >= 15 is 0 Å². The molecule has 0 bridgehead atoms. The van der Waals surface area contributed by atoms with Gasteiger partial charge in [-0.1, -0.05) is 0 Å². The van der Waals surface area contributed by atoms with Gasteiger partial charge in [0.1, 0.15) is 11.5 Å². The van der Waals surface area contributed by atoms with Gasteiger partial charge in [-0.2, -0.15) is 5.10 Å². The fourth-order valence-corrected chi connectivity index (χ4v) is 2.20. The van der Waals surface area contributed by atoms with Gasteiger partial charge in [-0.15, -0.1) is 0 Å². The highest BCUT2D eigenvalue weighted by atomic mass is 79.9. The first-order valence-electron chi connectivity index (χ1n) is 7.02. The average Bonchev–Trinajstić information content (AvgIpc) is 3.02. The molecule has 1 amide bonds. The fourth-order valence-electron chi connectivity index (χ4n) is 1.72. The van der Waals surface area contributed by atoms with Crippen LogP contribution in [-0.2, 0) is 4.79 Å². The summed E-state index contributed by atoms with van der Waals surface area (Å²) in [6.07, 6.45) is 1.37. The molecule has 0 saturated heterocycles. The van der Waals surface area contributed by atoms with Gasteiger partial charge in [-0.3, -0.25) is 14.9 Å². The standard InChI is InChI=1S/C15H15BrN4O5/c1-19(2)15-6-4-11(25-15)8-17-18-14(21)9-24-13-5-3-10(20(22)23)7-12(13)16/h3-8H,9H2,1-2H3,(H,18,21). The molecule has 0 fully saturated rings. The van der Waals surface area contributed by atoms with Crippen LogP contribution in [0.3, 0.4) is 0 Å². The molecule has 0 saturated carbocycles. The smallest absolute Gasteiger partial charge is 0.277 e. The summed E-state index contributed by atoms with van der Waals surface area (Å²) in [7, 11) is 3.68. The lowest BCUT2D eigenvalue weighted by atomic mass is 10.3. The minimum atomic E-state index is -0.522. The quantitative estimate of drug-likeness (QED) is 0.426. The molecule has 1 N–H and O–H groups in total. The van der Waals surface area contributed by atoms with Gasteiger partial charge in [-0.05, 0) is 28.1 Å². The molecule has 10 heteroatoms. The van der Waals surface area contributed by atoms with Crippen LogP contribution in [0.25, 0.3) is 0 Å². The van der Waals surface area contributed by atoms with Gasteiger partial charge < -0.3 is 14.1 Å². The molecule has 0 atom stereocenters. The summed E-state index contributed by atoms with van der Waals surface area (Å²) >= 11 is 3.16. The summed E-state index contributed by atoms with van der Waals surface area (Å²) in [6.45, 7) is -0.297. The number of amides is 1. The van der Waals surface area contributed by atoms with Gasteiger partial charge in [0.2, 0.25) is 0 Å². The van der Waals surface area contributed by atoms with Crippen LogP contribution < -0.4 is 15.1 Å². The Morgan fingerprint density at radius 3 is 2.80 bits per heavy atom. The van der Waals surface area contributed by atoms with Crippen molar-refractivity contribution in [2.24, 2.45) is 5.10 Å². The first-order chi connectivity index (χ1) is 11.9. The zero-order valence-electron chi connectivity index (χ0n) is 13.4. The van der Waals surface area contributed by atoms with Gasteiger partial charge in [-0.25, -0.2) is 5.43 Å². The second-order valence-corrected chi connectivity index (χ2v) is 5.88. The van der Waals surface area contributed by atoms with Crippen LogP contribution in [0.5, 0.6) is 5.75 Å². The van der Waals surface area contributed by atoms with E-state index in [9.17, 15) is 14.9 Å². The van der Waals surface area contributed by atoms with Crippen LogP contribution in [0.4, 0.5) is 11.6 Å². The maximum Gasteiger partial charge on any atom is 0.277 e. The molecule has 0 aliphatic carbocycles. The minimum absolute atomic E-state index is 0.0798. The molecule has 25 heavy (non-hydrogen) atoms. The number of rotatable bonds is 7. The molecular weight excluding hydrogens is 396 g/mol. The van der Waals surface area contributed by atoms with Gasteiger partial charge in [0.15, 0.2) is 12.5 Å². The number of hydrogen-bond donors (Lipinski definition) is 1. The number of nitrogens with one attached hydrogen (secondary N) is 1. The first-order valence-corrected chi connectivity index (χ1v) is 7.82. The number of nitro benzene ring substituents is 1. The summed E-state index contributed by atoms with van der Waals surface area (Å²) < 4.78 is 11.1. The lowest BCUT2D eigenvalue weighted by Crippen LogP contribution is -2.24. The molecule has 0 aliphatic heterocycles. The summed E-state index contributed by atoms with van der Waals surface area (Å²) in [5.41, 5.74) is 2.22. The molecule has 0 spiro atoms. The number of non-ortho nitro benzene ring substituents is 1. The third-order valence-corrected chi connectivity index (χ3v) is 3.54. The molecule has 0 aliphatic rings.